The molecule has 5 nitrogen and oxygen atoms in total. The molecule has 1 saturated heterocycles. The Balaban J connectivity index is 1.19. The van der Waals surface area contributed by atoms with Crippen LogP contribution in [-0.2, 0) is 17.8 Å². The number of likely N-dealkylation sites (tertiary alicyclic amines) is 1. The number of benzene rings is 2. The van der Waals surface area contributed by atoms with Crippen LogP contribution in [0.2, 0.25) is 0 Å². The maximum Gasteiger partial charge on any atom is 0.223 e. The highest BCUT2D eigenvalue weighted by Gasteiger charge is 2.58. The number of carbonyl (C=O) groups is 1. The molecule has 31 heavy (non-hydrogen) atoms. The van der Waals surface area contributed by atoms with Crippen molar-refractivity contribution in [2.24, 2.45) is 11.3 Å². The predicted octanol–water partition coefficient (Wildman–Crippen LogP) is 4.05. The minimum atomic E-state index is 0.215. The van der Waals surface area contributed by atoms with E-state index >= 15 is 0 Å². The molecule has 0 aromatic heterocycles. The van der Waals surface area contributed by atoms with Crippen LogP contribution in [-0.4, -0.2) is 44.7 Å². The van der Waals surface area contributed by atoms with E-state index in [-0.39, 0.29) is 17.2 Å². The number of ether oxygens (including phenoxy) is 2. The lowest BCUT2D eigenvalue weighted by Crippen LogP contribution is -2.37. The average Bonchev–Trinajstić information content (AvgIpc) is 3.52. The summed E-state index contributed by atoms with van der Waals surface area (Å²) in [6.07, 6.45) is 5.29. The number of piperidine rings is 1. The summed E-state index contributed by atoms with van der Waals surface area (Å²) in [5, 5.41) is 3.18. The van der Waals surface area contributed by atoms with Gasteiger partial charge in [-0.05, 0) is 73.9 Å². The topological polar surface area (TPSA) is 50.8 Å². The number of rotatable bonds is 9. The van der Waals surface area contributed by atoms with Crippen molar-refractivity contribution in [3.8, 4) is 11.5 Å². The molecule has 5 heteroatoms. The van der Waals surface area contributed by atoms with E-state index < -0.39 is 0 Å². The van der Waals surface area contributed by atoms with Crippen LogP contribution in [0.5, 0.6) is 11.5 Å². The van der Waals surface area contributed by atoms with E-state index in [2.05, 4.69) is 46.6 Å². The highest BCUT2D eigenvalue weighted by molar-refractivity contribution is 5.82. The first-order valence-corrected chi connectivity index (χ1v) is 11.4. The smallest absolute Gasteiger partial charge is 0.223 e. The maximum absolute atomic E-state index is 12.6. The normalized spacial score (nSPS) is 19.7. The molecule has 1 saturated carbocycles. The third-order valence-electron chi connectivity index (χ3n) is 7.00. The van der Waals surface area contributed by atoms with E-state index in [9.17, 15) is 4.79 Å². The van der Waals surface area contributed by atoms with Gasteiger partial charge in [-0.2, -0.15) is 0 Å². The molecule has 1 aliphatic heterocycles. The van der Waals surface area contributed by atoms with Crippen molar-refractivity contribution in [3.63, 3.8) is 0 Å². The Hall–Kier alpha value is -2.53. The Labute approximate surface area is 185 Å². The van der Waals surface area contributed by atoms with Crippen molar-refractivity contribution in [1.29, 1.82) is 0 Å². The fourth-order valence-corrected chi connectivity index (χ4v) is 4.94. The number of aryl methyl sites for hydroxylation is 1. The third-order valence-corrected chi connectivity index (χ3v) is 7.00. The van der Waals surface area contributed by atoms with E-state index in [0.717, 1.165) is 69.8 Å². The second-order valence-electron chi connectivity index (χ2n) is 8.96. The van der Waals surface area contributed by atoms with Gasteiger partial charge in [0.25, 0.3) is 0 Å². The highest BCUT2D eigenvalue weighted by atomic mass is 16.5. The zero-order valence-electron chi connectivity index (χ0n) is 18.7. The van der Waals surface area contributed by atoms with Crippen LogP contribution in [0.3, 0.4) is 0 Å². The molecule has 4 rings (SSSR count). The second-order valence-corrected chi connectivity index (χ2v) is 8.96. The molecular formula is C26H34N2O3. The van der Waals surface area contributed by atoms with E-state index in [4.69, 9.17) is 9.47 Å². The van der Waals surface area contributed by atoms with Gasteiger partial charge in [-0.25, -0.2) is 0 Å². The fraction of sp³-hybridized carbons (Fsp3) is 0.500. The first kappa shape index (κ1) is 21.7. The van der Waals surface area contributed by atoms with Crippen LogP contribution < -0.4 is 14.8 Å². The van der Waals surface area contributed by atoms with E-state index in [1.807, 2.05) is 12.1 Å². The summed E-state index contributed by atoms with van der Waals surface area (Å²) in [4.78, 5) is 15.1. The molecule has 2 aliphatic rings. The van der Waals surface area contributed by atoms with Gasteiger partial charge in [0.15, 0.2) is 11.5 Å². The van der Waals surface area contributed by atoms with Crippen LogP contribution in [0.4, 0.5) is 0 Å². The largest absolute Gasteiger partial charge is 0.493 e. The van der Waals surface area contributed by atoms with Gasteiger partial charge in [-0.3, -0.25) is 9.69 Å². The van der Waals surface area contributed by atoms with Gasteiger partial charge in [-0.1, -0.05) is 36.4 Å². The molecule has 0 bridgehead atoms. The minimum absolute atomic E-state index is 0.215. The van der Waals surface area contributed by atoms with Gasteiger partial charge in [0.05, 0.1) is 14.2 Å². The summed E-state index contributed by atoms with van der Waals surface area (Å²) in [5.41, 5.74) is 2.82. The summed E-state index contributed by atoms with van der Waals surface area (Å²) in [6.45, 7) is 3.77. The van der Waals surface area contributed by atoms with Gasteiger partial charge in [0, 0.05) is 19.0 Å². The second kappa shape index (κ2) is 9.73. The van der Waals surface area contributed by atoms with Crippen LogP contribution in [0.15, 0.2) is 48.5 Å². The zero-order chi connectivity index (χ0) is 21.7. The molecule has 2 aromatic rings. The number of carbonyl (C=O) groups excluding carboxylic acids is 1. The summed E-state index contributed by atoms with van der Waals surface area (Å²) >= 11 is 0. The van der Waals surface area contributed by atoms with Crippen LogP contribution >= 0.6 is 0 Å². The minimum Gasteiger partial charge on any atom is -0.493 e. The molecule has 1 aliphatic carbocycles. The van der Waals surface area contributed by atoms with Crippen LogP contribution in [0.1, 0.15) is 36.8 Å². The van der Waals surface area contributed by atoms with Gasteiger partial charge >= 0.3 is 0 Å². The van der Waals surface area contributed by atoms with Crippen LogP contribution in [0, 0.1) is 11.3 Å². The number of nitrogens with zero attached hydrogens (tertiary/aromatic N) is 1. The van der Waals surface area contributed by atoms with Crippen molar-refractivity contribution in [1.82, 2.24) is 10.2 Å². The molecule has 2 fully saturated rings. The molecule has 0 unspecified atom stereocenters. The Morgan fingerprint density at radius 3 is 2.48 bits per heavy atom. The van der Waals surface area contributed by atoms with Gasteiger partial charge in [-0.15, -0.1) is 0 Å². The van der Waals surface area contributed by atoms with Crippen molar-refractivity contribution < 1.29 is 14.3 Å². The number of methoxy groups -OCH3 is 2. The molecule has 0 radical (unpaired) electrons. The molecule has 166 valence electrons. The lowest BCUT2D eigenvalue weighted by atomic mass is 9.90. The van der Waals surface area contributed by atoms with Gasteiger partial charge in [0.2, 0.25) is 5.91 Å². The maximum atomic E-state index is 12.6. The number of amides is 1. The van der Waals surface area contributed by atoms with Gasteiger partial charge in [0.1, 0.15) is 0 Å². The third kappa shape index (κ3) is 5.21. The van der Waals surface area contributed by atoms with Crippen LogP contribution in [0.25, 0.3) is 0 Å². The molecule has 1 heterocycles. The Kier molecular flexibility index (Phi) is 6.81. The zero-order valence-corrected chi connectivity index (χ0v) is 18.7. The number of hydrogen-bond donors (Lipinski definition) is 1. The lowest BCUT2D eigenvalue weighted by Gasteiger charge is -2.33. The van der Waals surface area contributed by atoms with Crippen molar-refractivity contribution in [2.75, 3.05) is 33.9 Å². The van der Waals surface area contributed by atoms with E-state index in [1.54, 1.807) is 14.2 Å². The lowest BCUT2D eigenvalue weighted by molar-refractivity contribution is -0.123. The monoisotopic (exact) mass is 422 g/mol. The molecule has 1 amide bonds. The van der Waals surface area contributed by atoms with Crippen molar-refractivity contribution in [3.05, 3.63) is 59.7 Å². The van der Waals surface area contributed by atoms with E-state index in [0.29, 0.717) is 0 Å². The number of hydrogen-bond acceptors (Lipinski definition) is 4. The quantitative estimate of drug-likeness (QED) is 0.620. The molecule has 1 atom stereocenters. The molecule has 2 aromatic carbocycles. The van der Waals surface area contributed by atoms with E-state index in [1.165, 1.54) is 11.1 Å². The fourth-order valence-electron chi connectivity index (χ4n) is 4.94. The van der Waals surface area contributed by atoms with Gasteiger partial charge < -0.3 is 14.8 Å². The average molecular weight is 423 g/mol. The predicted molar refractivity (Wildman–Crippen MR) is 122 cm³/mol. The summed E-state index contributed by atoms with van der Waals surface area (Å²) in [7, 11) is 3.33. The Morgan fingerprint density at radius 2 is 1.77 bits per heavy atom. The Morgan fingerprint density at radius 1 is 1.03 bits per heavy atom. The standard InChI is InChI=1S/C26H34N2O3/c1-30-23-11-10-21(17-24(23)31-2)19-28-15-12-26(13-16-28)18-22(26)25(29)27-14-6-9-20-7-4-3-5-8-20/h3-5,7-8,10-11,17,22H,6,9,12-16,18-19H2,1-2H3,(H,27,29)/t22-/m1/s1. The first-order chi connectivity index (χ1) is 15.1. The van der Waals surface area contributed by atoms with Crippen molar-refractivity contribution >= 4 is 5.91 Å². The summed E-state index contributed by atoms with van der Waals surface area (Å²) in [6, 6.07) is 16.6. The SMILES string of the molecule is COc1ccc(CN2CCC3(CC2)C[C@@H]3C(=O)NCCCc2ccccc2)cc1OC. The summed E-state index contributed by atoms with van der Waals surface area (Å²) < 4.78 is 10.8. The molecule has 1 N–H and O–H groups in total. The first-order valence-electron chi connectivity index (χ1n) is 11.4. The number of nitrogens with one attached hydrogen (secondary N) is 1. The Bertz CT molecular complexity index is 875. The summed E-state index contributed by atoms with van der Waals surface area (Å²) in [5.74, 6) is 2.02. The molecular weight excluding hydrogens is 388 g/mol. The molecule has 1 spiro atoms. The highest BCUT2D eigenvalue weighted by Crippen LogP contribution is 2.59. The van der Waals surface area contributed by atoms with Crippen molar-refractivity contribution in [2.45, 2.75) is 38.6 Å².